The first-order chi connectivity index (χ1) is 16.2. The second-order valence-electron chi connectivity index (χ2n) is 9.80. The number of aldehydes is 1. The van der Waals surface area contributed by atoms with Gasteiger partial charge in [0, 0.05) is 30.0 Å². The number of carbonyl (C=O) groups is 1. The molecule has 1 saturated carbocycles. The molecule has 0 saturated heterocycles. The van der Waals surface area contributed by atoms with Gasteiger partial charge >= 0.3 is 0 Å². The lowest BCUT2D eigenvalue weighted by Gasteiger charge is -2.33. The van der Waals surface area contributed by atoms with Crippen LogP contribution < -0.4 is 0 Å². The van der Waals surface area contributed by atoms with Gasteiger partial charge in [-0.1, -0.05) is 82.4 Å². The number of rotatable bonds is 12. The predicted octanol–water partition coefficient (Wildman–Crippen LogP) is 8.15. The first kappa shape index (κ1) is 25.3. The van der Waals surface area contributed by atoms with Gasteiger partial charge in [-0.05, 0) is 61.9 Å². The molecule has 1 aromatic heterocycles. The minimum atomic E-state index is 0.565. The lowest BCUT2D eigenvalue weighted by atomic mass is 9.72. The highest BCUT2D eigenvalue weighted by Gasteiger charge is 2.25. The third kappa shape index (κ3) is 8.21. The normalized spacial score (nSPS) is 22.0. The Hall–Kier alpha value is -2.29. The highest BCUT2D eigenvalue weighted by Crippen LogP contribution is 2.38. The molecule has 1 heterocycles. The van der Waals surface area contributed by atoms with Crippen LogP contribution in [0.4, 0.5) is 0 Å². The van der Waals surface area contributed by atoms with E-state index < -0.39 is 0 Å². The molecule has 0 amide bonds. The van der Waals surface area contributed by atoms with Gasteiger partial charge in [0.25, 0.3) is 0 Å². The van der Waals surface area contributed by atoms with E-state index in [-0.39, 0.29) is 0 Å². The highest BCUT2D eigenvalue weighted by molar-refractivity contribution is 5.65. The van der Waals surface area contributed by atoms with Gasteiger partial charge in [-0.2, -0.15) is 0 Å². The van der Waals surface area contributed by atoms with Gasteiger partial charge in [-0.15, -0.1) is 0 Å². The third-order valence-corrected chi connectivity index (χ3v) is 7.47. The smallest absolute Gasteiger partial charge is 0.155 e. The summed E-state index contributed by atoms with van der Waals surface area (Å²) in [6.07, 6.45) is 32.2. The molecular formula is C30H42N2O. The molecule has 0 N–H and O–H groups in total. The van der Waals surface area contributed by atoms with E-state index in [0.29, 0.717) is 6.42 Å². The summed E-state index contributed by atoms with van der Waals surface area (Å²) in [4.78, 5) is 19.8. The summed E-state index contributed by atoms with van der Waals surface area (Å²) in [6.45, 7) is 4.69. The molecule has 3 heteroatoms. The number of aromatic nitrogens is 2. The topological polar surface area (TPSA) is 42.9 Å². The fraction of sp³-hybridized carbons (Fsp3) is 0.567. The maximum Gasteiger partial charge on any atom is 0.155 e. The molecule has 3 rings (SSSR count). The zero-order valence-corrected chi connectivity index (χ0v) is 20.7. The molecule has 33 heavy (non-hydrogen) atoms. The molecule has 0 radical (unpaired) electrons. The van der Waals surface area contributed by atoms with Crippen LogP contribution in [0.15, 0.2) is 48.3 Å². The van der Waals surface area contributed by atoms with Gasteiger partial charge in [0.05, 0.1) is 0 Å². The number of nitrogens with zero attached hydrogens (tertiary/aromatic N) is 2. The monoisotopic (exact) mass is 446 g/mol. The molecule has 1 unspecified atom stereocenters. The SMILES string of the molecule is CCCC1CCC(C(CC)CC/C=C/c2cnc(C3=CC=C(CCC=O)C=CC3)nc2)CC1. The van der Waals surface area contributed by atoms with Crippen molar-refractivity contribution in [2.24, 2.45) is 17.8 Å². The summed E-state index contributed by atoms with van der Waals surface area (Å²) >= 11 is 0. The van der Waals surface area contributed by atoms with Crippen LogP contribution >= 0.6 is 0 Å². The summed E-state index contributed by atoms with van der Waals surface area (Å²) in [5.41, 5.74) is 3.36. The zero-order chi connectivity index (χ0) is 23.3. The molecule has 2 aliphatic carbocycles. The number of hydrogen-bond acceptors (Lipinski definition) is 3. The first-order valence-corrected chi connectivity index (χ1v) is 13.2. The van der Waals surface area contributed by atoms with Crippen molar-refractivity contribution in [2.75, 3.05) is 0 Å². The summed E-state index contributed by atoms with van der Waals surface area (Å²) in [5, 5.41) is 0. The van der Waals surface area contributed by atoms with Crippen LogP contribution in [0.1, 0.15) is 102 Å². The molecule has 0 bridgehead atoms. The minimum Gasteiger partial charge on any atom is -0.303 e. The Balaban J connectivity index is 1.47. The average molecular weight is 447 g/mol. The van der Waals surface area contributed by atoms with E-state index in [4.69, 9.17) is 0 Å². The first-order valence-electron chi connectivity index (χ1n) is 13.2. The molecule has 1 atom stereocenters. The van der Waals surface area contributed by atoms with E-state index in [1.165, 1.54) is 56.9 Å². The Morgan fingerprint density at radius 2 is 1.85 bits per heavy atom. The van der Waals surface area contributed by atoms with Crippen molar-refractivity contribution in [3.8, 4) is 0 Å². The van der Waals surface area contributed by atoms with E-state index in [1.54, 1.807) is 0 Å². The van der Waals surface area contributed by atoms with Crippen molar-refractivity contribution >= 4 is 17.9 Å². The lowest BCUT2D eigenvalue weighted by Crippen LogP contribution is -2.21. The Labute approximate surface area is 201 Å². The molecule has 0 spiro atoms. The van der Waals surface area contributed by atoms with Gasteiger partial charge in [-0.3, -0.25) is 0 Å². The van der Waals surface area contributed by atoms with Crippen molar-refractivity contribution < 1.29 is 4.79 Å². The van der Waals surface area contributed by atoms with E-state index in [1.807, 2.05) is 12.4 Å². The van der Waals surface area contributed by atoms with Gasteiger partial charge in [0.2, 0.25) is 0 Å². The second-order valence-corrected chi connectivity index (χ2v) is 9.80. The van der Waals surface area contributed by atoms with Gasteiger partial charge in [0.15, 0.2) is 5.82 Å². The van der Waals surface area contributed by atoms with E-state index in [0.717, 1.165) is 60.3 Å². The van der Waals surface area contributed by atoms with Gasteiger partial charge in [-0.25, -0.2) is 9.97 Å². The summed E-state index contributed by atoms with van der Waals surface area (Å²) < 4.78 is 0. The molecule has 1 aromatic rings. The van der Waals surface area contributed by atoms with Crippen molar-refractivity contribution in [1.29, 1.82) is 0 Å². The molecule has 0 aliphatic heterocycles. The summed E-state index contributed by atoms with van der Waals surface area (Å²) in [5.74, 6) is 3.59. The standard InChI is InChI=1S/C30H42N2O/c1-3-9-24-15-18-28(19-16-24)27(4-2)13-6-5-10-26-22-31-30(32-23-26)29-14-7-11-25(17-20-29)12-8-21-33/h5,7,10-11,17,20-24,27-28H,3-4,6,8-9,12-16,18-19H2,1-2H3/b10-5+. The van der Waals surface area contributed by atoms with Gasteiger partial charge < -0.3 is 4.79 Å². The quantitative estimate of drug-likeness (QED) is 0.304. The number of allylic oxidation sites excluding steroid dienone is 7. The second kappa shape index (κ2) is 14.1. The fourth-order valence-corrected chi connectivity index (χ4v) is 5.48. The van der Waals surface area contributed by atoms with Crippen LogP contribution in [0.2, 0.25) is 0 Å². The Kier molecular flexibility index (Phi) is 10.8. The average Bonchev–Trinajstić information content (AvgIpc) is 3.10. The lowest BCUT2D eigenvalue weighted by molar-refractivity contribution is -0.107. The Morgan fingerprint density at radius 1 is 1.06 bits per heavy atom. The van der Waals surface area contributed by atoms with Crippen molar-refractivity contribution in [1.82, 2.24) is 9.97 Å². The summed E-state index contributed by atoms with van der Waals surface area (Å²) in [7, 11) is 0. The molecule has 2 aliphatic rings. The molecule has 0 aromatic carbocycles. The van der Waals surface area contributed by atoms with Crippen molar-refractivity contribution in [3.05, 3.63) is 59.7 Å². The fourth-order valence-electron chi connectivity index (χ4n) is 5.48. The van der Waals surface area contributed by atoms with Crippen molar-refractivity contribution in [2.45, 2.75) is 90.9 Å². The minimum absolute atomic E-state index is 0.565. The maximum absolute atomic E-state index is 10.6. The van der Waals surface area contributed by atoms with Gasteiger partial charge in [0.1, 0.15) is 6.29 Å². The predicted molar refractivity (Wildman–Crippen MR) is 140 cm³/mol. The Bertz CT molecular complexity index is 839. The molecule has 3 nitrogen and oxygen atoms in total. The van der Waals surface area contributed by atoms with Crippen LogP contribution in [0.3, 0.4) is 0 Å². The van der Waals surface area contributed by atoms with Crippen LogP contribution in [0, 0.1) is 17.8 Å². The van der Waals surface area contributed by atoms with Crippen LogP contribution in [0.5, 0.6) is 0 Å². The van der Waals surface area contributed by atoms with Crippen LogP contribution in [-0.2, 0) is 4.79 Å². The van der Waals surface area contributed by atoms with E-state index >= 15 is 0 Å². The Morgan fingerprint density at radius 3 is 2.55 bits per heavy atom. The molecule has 1 fully saturated rings. The molecular weight excluding hydrogens is 404 g/mol. The highest BCUT2D eigenvalue weighted by atomic mass is 16.1. The third-order valence-electron chi connectivity index (χ3n) is 7.47. The largest absolute Gasteiger partial charge is 0.303 e. The number of hydrogen-bond donors (Lipinski definition) is 0. The van der Waals surface area contributed by atoms with E-state index in [2.05, 4.69) is 60.3 Å². The van der Waals surface area contributed by atoms with E-state index in [9.17, 15) is 4.79 Å². The van der Waals surface area contributed by atoms with Crippen molar-refractivity contribution in [3.63, 3.8) is 0 Å². The molecule has 178 valence electrons. The maximum atomic E-state index is 10.6. The van der Waals surface area contributed by atoms with Crippen LogP contribution in [0.25, 0.3) is 11.6 Å². The summed E-state index contributed by atoms with van der Waals surface area (Å²) in [6, 6.07) is 0. The van der Waals surface area contributed by atoms with Crippen LogP contribution in [-0.4, -0.2) is 16.3 Å². The zero-order valence-electron chi connectivity index (χ0n) is 20.7. The number of carbonyl (C=O) groups excluding carboxylic acids is 1.